The fraction of sp³-hybridized carbons (Fsp3) is 0.448. The van der Waals surface area contributed by atoms with Crippen molar-refractivity contribution in [1.82, 2.24) is 4.98 Å². The van der Waals surface area contributed by atoms with E-state index in [4.69, 9.17) is 0 Å². The number of benzene rings is 1. The van der Waals surface area contributed by atoms with Crippen LogP contribution in [0.15, 0.2) is 47.7 Å². The summed E-state index contributed by atoms with van der Waals surface area (Å²) in [6, 6.07) is 12.2. The number of aliphatic hydroxyl groups is 1. The zero-order valence-electron chi connectivity index (χ0n) is 21.9. The second-order valence-corrected chi connectivity index (χ2v) is 11.7. The summed E-state index contributed by atoms with van der Waals surface area (Å²) < 4.78 is 1.24. The van der Waals surface area contributed by atoms with Crippen LogP contribution in [-0.4, -0.2) is 15.9 Å². The van der Waals surface area contributed by atoms with Crippen LogP contribution in [0.3, 0.4) is 0 Å². The van der Waals surface area contributed by atoms with Crippen molar-refractivity contribution in [3.8, 4) is 11.3 Å². The molecule has 0 spiro atoms. The van der Waals surface area contributed by atoms with Crippen LogP contribution in [0.5, 0.6) is 0 Å². The van der Waals surface area contributed by atoms with Crippen molar-refractivity contribution in [3.05, 3.63) is 64.9 Å². The second-order valence-electron chi connectivity index (χ2n) is 10.7. The molecule has 0 amide bonds. The molecule has 1 radical (unpaired) electrons. The number of hydrogen-bond acceptors (Lipinski definition) is 4. The maximum absolute atomic E-state index is 11.5. The first kappa shape index (κ1) is 30.2. The molecule has 1 N–H and O–H groups in total. The van der Waals surface area contributed by atoms with E-state index in [-0.39, 0.29) is 37.1 Å². The van der Waals surface area contributed by atoms with Crippen LogP contribution in [0.4, 0.5) is 0 Å². The Kier molecular flexibility index (Phi) is 10.9. The Balaban J connectivity index is 0.000000364. The SMILES string of the molecule is CC(C)(C)C(=O)/C=C(\O)C(C)(C)C.CCC(C)c1cc(C)[c-]c(-c2cc3ccsc3cn2)c1.[Ir]. The topological polar surface area (TPSA) is 50.2 Å². The van der Waals surface area contributed by atoms with Crippen molar-refractivity contribution >= 4 is 27.2 Å². The van der Waals surface area contributed by atoms with Crippen LogP contribution in [0, 0.1) is 23.8 Å². The van der Waals surface area contributed by atoms with Crippen LogP contribution >= 0.6 is 11.3 Å². The standard InChI is InChI=1S/C18H18NS.C11H20O2.Ir/c1-4-13(3)15-7-12(2)8-16(9-15)17-10-14-5-6-20-18(14)11-19-17;1-10(2,3)8(12)7-9(13)11(4,5)6;/h5-7,9-11,13H,4H2,1-3H3;7,12H,1-6H3;/q-1;;/b;8-7-;. The molecular formula is C29H38IrNO2S-. The van der Waals surface area contributed by atoms with Gasteiger partial charge in [0.15, 0.2) is 5.78 Å². The van der Waals surface area contributed by atoms with E-state index >= 15 is 0 Å². The summed E-state index contributed by atoms with van der Waals surface area (Å²) in [5.74, 6) is 0.680. The third-order valence-electron chi connectivity index (χ3n) is 5.60. The van der Waals surface area contributed by atoms with Crippen molar-refractivity contribution in [2.75, 3.05) is 0 Å². The minimum Gasteiger partial charge on any atom is -0.512 e. The maximum atomic E-state index is 11.5. The van der Waals surface area contributed by atoms with Gasteiger partial charge in [0.05, 0.1) is 4.70 Å². The molecule has 0 fully saturated rings. The first-order chi connectivity index (χ1) is 15.2. The Morgan fingerprint density at radius 3 is 2.35 bits per heavy atom. The molecule has 0 bridgehead atoms. The average molecular weight is 657 g/mol. The molecule has 187 valence electrons. The number of carbonyl (C=O) groups excluding carboxylic acids is 1. The van der Waals surface area contributed by atoms with Crippen molar-refractivity contribution < 1.29 is 30.0 Å². The van der Waals surface area contributed by atoms with E-state index in [2.05, 4.69) is 61.5 Å². The second kappa shape index (κ2) is 12.2. The molecule has 3 rings (SSSR count). The normalized spacial score (nSPS) is 13.0. The fourth-order valence-electron chi connectivity index (χ4n) is 2.97. The summed E-state index contributed by atoms with van der Waals surface area (Å²) in [5, 5.41) is 12.9. The van der Waals surface area contributed by atoms with Crippen molar-refractivity contribution in [1.29, 1.82) is 0 Å². The maximum Gasteiger partial charge on any atom is 0.164 e. The molecule has 0 saturated carbocycles. The van der Waals surface area contributed by atoms with Crippen molar-refractivity contribution in [2.24, 2.45) is 10.8 Å². The summed E-state index contributed by atoms with van der Waals surface area (Å²) in [5.41, 5.74) is 3.92. The summed E-state index contributed by atoms with van der Waals surface area (Å²) in [6.07, 6.45) is 4.45. The van der Waals surface area contributed by atoms with Crippen molar-refractivity contribution in [3.63, 3.8) is 0 Å². The van der Waals surface area contributed by atoms with Gasteiger partial charge in [-0.15, -0.1) is 46.2 Å². The molecule has 3 aromatic rings. The molecule has 5 heteroatoms. The molecule has 1 aromatic carbocycles. The van der Waals surface area contributed by atoms with Gasteiger partial charge >= 0.3 is 0 Å². The number of carbonyl (C=O) groups is 1. The van der Waals surface area contributed by atoms with Gasteiger partial charge in [0.1, 0.15) is 5.76 Å². The summed E-state index contributed by atoms with van der Waals surface area (Å²) in [6.45, 7) is 17.7. The average Bonchev–Trinajstić information content (AvgIpc) is 3.19. The predicted octanol–water partition coefficient (Wildman–Crippen LogP) is 8.67. The largest absolute Gasteiger partial charge is 0.512 e. The number of nitrogens with zero attached hydrogens (tertiary/aromatic N) is 1. The molecular weight excluding hydrogens is 619 g/mol. The Hall–Kier alpha value is -1.81. The third kappa shape index (κ3) is 8.44. The van der Waals surface area contributed by atoms with E-state index in [1.165, 1.54) is 27.3 Å². The first-order valence-corrected chi connectivity index (χ1v) is 12.4. The minimum absolute atomic E-state index is 0. The molecule has 2 aromatic heterocycles. The fourth-order valence-corrected chi connectivity index (χ4v) is 3.71. The Labute approximate surface area is 223 Å². The van der Waals surface area contributed by atoms with Crippen LogP contribution < -0.4 is 0 Å². The van der Waals surface area contributed by atoms with Crippen molar-refractivity contribution in [2.45, 2.75) is 74.7 Å². The van der Waals surface area contributed by atoms with Crippen LogP contribution in [0.2, 0.25) is 0 Å². The number of fused-ring (bicyclic) bond motifs is 1. The number of hydrogen-bond donors (Lipinski definition) is 1. The van der Waals surface area contributed by atoms with Gasteiger partial charge < -0.3 is 10.1 Å². The number of aromatic nitrogens is 1. The molecule has 1 atom stereocenters. The molecule has 3 nitrogen and oxygen atoms in total. The number of pyridine rings is 1. The van der Waals surface area contributed by atoms with E-state index in [1.54, 1.807) is 11.3 Å². The molecule has 0 aliphatic heterocycles. The van der Waals surface area contributed by atoms with Crippen LogP contribution in [0.1, 0.15) is 78.9 Å². The van der Waals surface area contributed by atoms with Crippen LogP contribution in [0.25, 0.3) is 21.3 Å². The zero-order chi connectivity index (χ0) is 25.0. The number of allylic oxidation sites excluding steroid dienone is 2. The molecule has 0 saturated heterocycles. The molecule has 0 aliphatic carbocycles. The number of ketones is 1. The van der Waals surface area contributed by atoms with Crippen LogP contribution in [-0.2, 0) is 24.9 Å². The minimum atomic E-state index is -0.417. The van der Waals surface area contributed by atoms with Gasteiger partial charge in [0.2, 0.25) is 0 Å². The van der Waals surface area contributed by atoms with E-state index in [9.17, 15) is 9.90 Å². The quantitative estimate of drug-likeness (QED) is 0.174. The van der Waals surface area contributed by atoms with E-state index in [1.807, 2.05) is 47.7 Å². The molecule has 2 heterocycles. The summed E-state index contributed by atoms with van der Waals surface area (Å²) in [4.78, 5) is 16.1. The zero-order valence-corrected chi connectivity index (χ0v) is 25.1. The Morgan fingerprint density at radius 1 is 1.15 bits per heavy atom. The Bertz CT molecular complexity index is 1130. The van der Waals surface area contributed by atoms with Gasteiger partial charge in [-0.2, -0.15) is 0 Å². The van der Waals surface area contributed by atoms with Gasteiger partial charge in [-0.3, -0.25) is 4.79 Å². The Morgan fingerprint density at radius 2 is 1.79 bits per heavy atom. The van der Waals surface area contributed by atoms with Gasteiger partial charge in [0, 0.05) is 43.2 Å². The number of aliphatic hydroxyl groups excluding tert-OH is 1. The molecule has 34 heavy (non-hydrogen) atoms. The predicted molar refractivity (Wildman–Crippen MR) is 142 cm³/mol. The van der Waals surface area contributed by atoms with Gasteiger partial charge in [-0.1, -0.05) is 74.8 Å². The first-order valence-electron chi connectivity index (χ1n) is 11.6. The number of rotatable bonds is 4. The smallest absolute Gasteiger partial charge is 0.164 e. The monoisotopic (exact) mass is 657 g/mol. The van der Waals surface area contributed by atoms with Gasteiger partial charge in [-0.05, 0) is 28.4 Å². The van der Waals surface area contributed by atoms with E-state index in [0.717, 1.165) is 17.7 Å². The number of thiophene rings is 1. The summed E-state index contributed by atoms with van der Waals surface area (Å²) >= 11 is 1.73. The number of aryl methyl sites for hydroxylation is 1. The molecule has 0 aliphatic rings. The van der Waals surface area contributed by atoms with Gasteiger partial charge in [-0.25, -0.2) is 0 Å². The molecule has 1 unspecified atom stereocenters. The van der Waals surface area contributed by atoms with E-state index < -0.39 is 5.41 Å². The van der Waals surface area contributed by atoms with Gasteiger partial charge in [0.25, 0.3) is 0 Å². The van der Waals surface area contributed by atoms with E-state index in [0.29, 0.717) is 5.92 Å². The third-order valence-corrected chi connectivity index (χ3v) is 6.47. The summed E-state index contributed by atoms with van der Waals surface area (Å²) in [7, 11) is 0.